The molecule has 0 saturated carbocycles. The lowest BCUT2D eigenvalue weighted by atomic mass is 10.2. The smallest absolute Gasteiger partial charge is 0.213 e. The quantitative estimate of drug-likeness (QED) is 0.316. The van der Waals surface area contributed by atoms with Gasteiger partial charge in [-0.25, -0.2) is 13.4 Å². The molecule has 0 saturated heterocycles. The first kappa shape index (κ1) is 26.5. The van der Waals surface area contributed by atoms with Gasteiger partial charge in [-0.3, -0.25) is 9.55 Å². The molecule has 12 nitrogen and oxygen atoms in total. The zero-order valence-corrected chi connectivity index (χ0v) is 21.6. The molecule has 0 aliphatic rings. The van der Waals surface area contributed by atoms with Gasteiger partial charge in [0.05, 0.1) is 38.3 Å². The average Bonchev–Trinajstić information content (AvgIpc) is 3.34. The van der Waals surface area contributed by atoms with E-state index < -0.39 is 27.4 Å². The SMILES string of the molecule is COc1cccc(-c2nnc(CS(=O)(=O)C[C@H](O)c3ccc(C#N)cn3)n2-c2c(OC)cccc2OC)n1. The van der Waals surface area contributed by atoms with E-state index in [1.54, 1.807) is 36.4 Å². The van der Waals surface area contributed by atoms with Crippen LogP contribution < -0.4 is 14.2 Å². The van der Waals surface area contributed by atoms with Crippen molar-refractivity contribution in [3.63, 3.8) is 0 Å². The lowest BCUT2D eigenvalue weighted by Gasteiger charge is -2.17. The molecule has 13 heteroatoms. The molecule has 0 aliphatic heterocycles. The number of hydrogen-bond acceptors (Lipinski definition) is 11. The number of para-hydroxylation sites is 1. The van der Waals surface area contributed by atoms with Crippen molar-refractivity contribution in [3.05, 3.63) is 71.8 Å². The predicted molar refractivity (Wildman–Crippen MR) is 136 cm³/mol. The first-order chi connectivity index (χ1) is 18.3. The van der Waals surface area contributed by atoms with Crippen molar-refractivity contribution < 1.29 is 27.7 Å². The van der Waals surface area contributed by atoms with Crippen molar-refractivity contribution in [2.45, 2.75) is 11.9 Å². The fourth-order valence-corrected chi connectivity index (χ4v) is 5.12. The summed E-state index contributed by atoms with van der Waals surface area (Å²) < 4.78 is 44.3. The predicted octanol–water partition coefficient (Wildman–Crippen LogP) is 2.27. The van der Waals surface area contributed by atoms with Crippen LogP contribution in [0.1, 0.15) is 23.2 Å². The van der Waals surface area contributed by atoms with Crippen LogP contribution in [0.3, 0.4) is 0 Å². The van der Waals surface area contributed by atoms with Gasteiger partial charge in [0.1, 0.15) is 40.8 Å². The molecule has 1 N–H and O–H groups in total. The molecule has 0 spiro atoms. The van der Waals surface area contributed by atoms with Gasteiger partial charge in [0.2, 0.25) is 5.88 Å². The fourth-order valence-electron chi connectivity index (χ4n) is 3.77. The Bertz CT molecular complexity index is 1560. The Morgan fingerprint density at radius 3 is 2.32 bits per heavy atom. The van der Waals surface area contributed by atoms with Gasteiger partial charge in [0, 0.05) is 12.3 Å². The number of methoxy groups -OCH3 is 3. The third-order valence-electron chi connectivity index (χ3n) is 5.53. The minimum absolute atomic E-state index is 0.0485. The summed E-state index contributed by atoms with van der Waals surface area (Å²) in [4.78, 5) is 8.41. The van der Waals surface area contributed by atoms with E-state index in [-0.39, 0.29) is 17.3 Å². The number of sulfone groups is 1. The summed E-state index contributed by atoms with van der Waals surface area (Å²) in [5.41, 5.74) is 1.17. The Morgan fingerprint density at radius 2 is 1.71 bits per heavy atom. The third kappa shape index (κ3) is 5.56. The number of nitriles is 1. The van der Waals surface area contributed by atoms with E-state index in [0.717, 1.165) is 0 Å². The number of hydrogen-bond donors (Lipinski definition) is 1. The van der Waals surface area contributed by atoms with Crippen LogP contribution in [0.15, 0.2) is 54.7 Å². The molecule has 4 aromatic rings. The lowest BCUT2D eigenvalue weighted by molar-refractivity contribution is 0.196. The molecule has 0 amide bonds. The highest BCUT2D eigenvalue weighted by molar-refractivity contribution is 7.90. The van der Waals surface area contributed by atoms with Crippen molar-refractivity contribution in [2.75, 3.05) is 27.1 Å². The van der Waals surface area contributed by atoms with Gasteiger partial charge in [-0.15, -0.1) is 10.2 Å². The molecule has 3 heterocycles. The summed E-state index contributed by atoms with van der Waals surface area (Å²) in [7, 11) is 0.476. The van der Waals surface area contributed by atoms with Gasteiger partial charge < -0.3 is 19.3 Å². The van der Waals surface area contributed by atoms with Crippen LogP contribution in [0.2, 0.25) is 0 Å². The summed E-state index contributed by atoms with van der Waals surface area (Å²) in [6.07, 6.45) is -0.146. The summed E-state index contributed by atoms with van der Waals surface area (Å²) in [5, 5.41) is 27.9. The zero-order valence-electron chi connectivity index (χ0n) is 20.8. The summed E-state index contributed by atoms with van der Waals surface area (Å²) in [6.45, 7) is 0. The van der Waals surface area contributed by atoms with Gasteiger partial charge in [-0.2, -0.15) is 5.26 Å². The first-order valence-electron chi connectivity index (χ1n) is 11.2. The second kappa shape index (κ2) is 11.2. The standard InChI is InChI=1S/C25H24N6O6S/c1-35-20-7-5-8-21(36-2)24(20)31-22(29-30-25(31)18-6-4-9-23(28-18)37-3)15-38(33,34)14-19(32)17-11-10-16(12-26)13-27-17/h4-11,13,19,32H,14-15H2,1-3H3/t19-/m0/s1. The van der Waals surface area contributed by atoms with Crippen molar-refractivity contribution in [2.24, 2.45) is 0 Å². The molecule has 1 aromatic carbocycles. The molecule has 0 fully saturated rings. The number of pyridine rings is 2. The maximum Gasteiger partial charge on any atom is 0.213 e. The number of ether oxygens (including phenoxy) is 3. The van der Waals surface area contributed by atoms with Gasteiger partial charge >= 0.3 is 0 Å². The molecule has 38 heavy (non-hydrogen) atoms. The van der Waals surface area contributed by atoms with Gasteiger partial charge in [0.25, 0.3) is 0 Å². The number of rotatable bonds is 10. The van der Waals surface area contributed by atoms with Crippen LogP contribution in [0, 0.1) is 11.3 Å². The highest BCUT2D eigenvalue weighted by atomic mass is 32.2. The lowest BCUT2D eigenvalue weighted by Crippen LogP contribution is -2.19. The van der Waals surface area contributed by atoms with E-state index in [4.69, 9.17) is 19.5 Å². The van der Waals surface area contributed by atoms with Crippen LogP contribution in [-0.4, -0.2) is 65.3 Å². The highest BCUT2D eigenvalue weighted by Gasteiger charge is 2.28. The molecule has 1 atom stereocenters. The summed E-state index contributed by atoms with van der Waals surface area (Å²) in [5.74, 6) is 0.171. The Hall–Kier alpha value is -4.54. The molecular weight excluding hydrogens is 512 g/mol. The number of nitrogens with zero attached hydrogens (tertiary/aromatic N) is 6. The van der Waals surface area contributed by atoms with Crippen molar-refractivity contribution in [3.8, 4) is 40.7 Å². The van der Waals surface area contributed by atoms with Crippen molar-refractivity contribution >= 4 is 9.84 Å². The van der Waals surface area contributed by atoms with E-state index in [1.165, 1.54) is 44.2 Å². The zero-order chi connectivity index (χ0) is 27.3. The number of aliphatic hydroxyl groups excluding tert-OH is 1. The molecule has 196 valence electrons. The first-order valence-corrected chi connectivity index (χ1v) is 13.0. The topological polar surface area (TPSA) is 162 Å². The van der Waals surface area contributed by atoms with Crippen molar-refractivity contribution in [1.29, 1.82) is 5.26 Å². The maximum atomic E-state index is 13.2. The van der Waals surface area contributed by atoms with E-state index in [1.807, 2.05) is 6.07 Å². The molecular formula is C25H24N6O6S. The molecule has 0 aliphatic carbocycles. The summed E-state index contributed by atoms with van der Waals surface area (Å²) >= 11 is 0. The normalized spacial score (nSPS) is 12.0. The second-order valence-electron chi connectivity index (χ2n) is 8.01. The Morgan fingerprint density at radius 1 is 1.00 bits per heavy atom. The highest BCUT2D eigenvalue weighted by Crippen LogP contribution is 2.36. The van der Waals surface area contributed by atoms with Gasteiger partial charge in [0.15, 0.2) is 21.5 Å². The van der Waals surface area contributed by atoms with Crippen LogP contribution in [0.5, 0.6) is 17.4 Å². The largest absolute Gasteiger partial charge is 0.494 e. The molecule has 4 rings (SSSR count). The van der Waals surface area contributed by atoms with Crippen LogP contribution in [-0.2, 0) is 15.6 Å². The van der Waals surface area contributed by atoms with Gasteiger partial charge in [-0.05, 0) is 30.3 Å². The Balaban J connectivity index is 1.79. The van der Waals surface area contributed by atoms with E-state index in [0.29, 0.717) is 34.3 Å². The Labute approximate surface area is 219 Å². The van der Waals surface area contributed by atoms with E-state index in [2.05, 4.69) is 20.2 Å². The molecule has 0 unspecified atom stereocenters. The summed E-state index contributed by atoms with van der Waals surface area (Å²) in [6, 6.07) is 15.0. The van der Waals surface area contributed by atoms with Crippen LogP contribution in [0.4, 0.5) is 0 Å². The van der Waals surface area contributed by atoms with E-state index >= 15 is 0 Å². The number of aromatic nitrogens is 5. The minimum Gasteiger partial charge on any atom is -0.494 e. The fraction of sp³-hybridized carbons (Fsp3) is 0.240. The number of benzene rings is 1. The molecule has 0 radical (unpaired) electrons. The van der Waals surface area contributed by atoms with E-state index in [9.17, 15) is 13.5 Å². The van der Waals surface area contributed by atoms with Crippen molar-refractivity contribution in [1.82, 2.24) is 24.7 Å². The Kier molecular flexibility index (Phi) is 7.85. The minimum atomic E-state index is -3.95. The van der Waals surface area contributed by atoms with Gasteiger partial charge in [-0.1, -0.05) is 12.1 Å². The molecule has 0 bridgehead atoms. The monoisotopic (exact) mass is 536 g/mol. The maximum absolute atomic E-state index is 13.2. The molecule has 3 aromatic heterocycles. The second-order valence-corrected chi connectivity index (χ2v) is 10.1. The third-order valence-corrected chi connectivity index (χ3v) is 7.06. The number of aliphatic hydroxyl groups is 1. The van der Waals surface area contributed by atoms with Crippen LogP contribution in [0.25, 0.3) is 17.2 Å². The van der Waals surface area contributed by atoms with Crippen LogP contribution >= 0.6 is 0 Å². The average molecular weight is 537 g/mol.